The minimum absolute atomic E-state index is 0.371. The van der Waals surface area contributed by atoms with Crippen molar-refractivity contribution in [3.63, 3.8) is 0 Å². The standard InChI is InChI=1S/C12H21N3O2S/c1-15(2)4-6-17-5-3-14-8-11-7-10(9-18-11)12(13)16/h7,9,14H,3-6,8H2,1-2H3,(H2,13,16). The minimum Gasteiger partial charge on any atom is -0.379 e. The summed E-state index contributed by atoms with van der Waals surface area (Å²) in [7, 11) is 4.05. The first-order valence-corrected chi connectivity index (χ1v) is 6.78. The van der Waals surface area contributed by atoms with Gasteiger partial charge in [-0.1, -0.05) is 0 Å². The Labute approximate surface area is 112 Å². The maximum Gasteiger partial charge on any atom is 0.249 e. The van der Waals surface area contributed by atoms with Gasteiger partial charge < -0.3 is 20.7 Å². The van der Waals surface area contributed by atoms with Gasteiger partial charge in [0.05, 0.1) is 18.8 Å². The van der Waals surface area contributed by atoms with Crippen LogP contribution in [0, 0.1) is 0 Å². The molecular weight excluding hydrogens is 250 g/mol. The van der Waals surface area contributed by atoms with E-state index in [1.165, 1.54) is 11.3 Å². The highest BCUT2D eigenvalue weighted by atomic mass is 32.1. The second-order valence-corrected chi connectivity index (χ2v) is 5.25. The molecule has 0 aliphatic rings. The average molecular weight is 271 g/mol. The van der Waals surface area contributed by atoms with Crippen molar-refractivity contribution in [1.29, 1.82) is 0 Å². The SMILES string of the molecule is CN(C)CCOCCNCc1cc(C(N)=O)cs1. The Bertz CT molecular complexity index is 366. The van der Waals surface area contributed by atoms with Crippen molar-refractivity contribution in [2.24, 2.45) is 5.73 Å². The molecule has 0 atom stereocenters. The monoisotopic (exact) mass is 271 g/mol. The van der Waals surface area contributed by atoms with E-state index in [2.05, 4.69) is 10.2 Å². The molecule has 1 aromatic rings. The maximum absolute atomic E-state index is 10.9. The van der Waals surface area contributed by atoms with E-state index in [4.69, 9.17) is 10.5 Å². The summed E-state index contributed by atoms with van der Waals surface area (Å²) in [5.74, 6) is -0.371. The predicted octanol–water partition coefficient (Wildman–Crippen LogP) is 0.515. The fourth-order valence-electron chi connectivity index (χ4n) is 1.31. The van der Waals surface area contributed by atoms with Crippen LogP contribution in [0.25, 0.3) is 0 Å². The Balaban J connectivity index is 2.05. The first-order valence-electron chi connectivity index (χ1n) is 5.90. The third-order valence-electron chi connectivity index (χ3n) is 2.34. The largest absolute Gasteiger partial charge is 0.379 e. The van der Waals surface area contributed by atoms with E-state index in [0.717, 1.165) is 31.1 Å². The van der Waals surface area contributed by atoms with Crippen molar-refractivity contribution in [2.75, 3.05) is 40.4 Å². The molecule has 1 heterocycles. The minimum atomic E-state index is -0.371. The number of ether oxygens (including phenoxy) is 1. The van der Waals surface area contributed by atoms with E-state index >= 15 is 0 Å². The molecule has 0 aliphatic carbocycles. The van der Waals surface area contributed by atoms with E-state index in [1.807, 2.05) is 20.2 Å². The molecule has 0 bridgehead atoms. The van der Waals surface area contributed by atoms with Crippen molar-refractivity contribution in [3.05, 3.63) is 21.9 Å². The molecule has 5 nitrogen and oxygen atoms in total. The van der Waals surface area contributed by atoms with Crippen molar-refractivity contribution in [1.82, 2.24) is 10.2 Å². The summed E-state index contributed by atoms with van der Waals surface area (Å²) in [6.45, 7) is 3.93. The van der Waals surface area contributed by atoms with Crippen molar-refractivity contribution in [3.8, 4) is 0 Å². The van der Waals surface area contributed by atoms with Gasteiger partial charge in [-0.2, -0.15) is 0 Å². The summed E-state index contributed by atoms with van der Waals surface area (Å²) in [5.41, 5.74) is 5.77. The van der Waals surface area contributed by atoms with Gasteiger partial charge in [0.25, 0.3) is 0 Å². The summed E-state index contributed by atoms with van der Waals surface area (Å²) in [4.78, 5) is 14.1. The molecule has 0 fully saturated rings. The molecule has 0 saturated carbocycles. The molecule has 1 rings (SSSR count). The lowest BCUT2D eigenvalue weighted by molar-refractivity contribution is 0.100. The number of thiophene rings is 1. The van der Waals surface area contributed by atoms with Crippen LogP contribution in [0.4, 0.5) is 0 Å². The number of carbonyl (C=O) groups excluding carboxylic acids is 1. The van der Waals surface area contributed by atoms with Crippen LogP contribution in [-0.2, 0) is 11.3 Å². The van der Waals surface area contributed by atoms with Gasteiger partial charge in [-0.25, -0.2) is 0 Å². The quantitative estimate of drug-likeness (QED) is 0.642. The van der Waals surface area contributed by atoms with Crippen LogP contribution in [0.15, 0.2) is 11.4 Å². The molecule has 18 heavy (non-hydrogen) atoms. The number of amides is 1. The summed E-state index contributed by atoms with van der Waals surface area (Å²) in [6.07, 6.45) is 0. The molecule has 0 aromatic carbocycles. The normalized spacial score (nSPS) is 11.1. The molecule has 0 radical (unpaired) electrons. The smallest absolute Gasteiger partial charge is 0.249 e. The second kappa shape index (κ2) is 8.20. The van der Waals surface area contributed by atoms with Crippen molar-refractivity contribution >= 4 is 17.2 Å². The zero-order valence-electron chi connectivity index (χ0n) is 10.9. The Morgan fingerprint density at radius 2 is 2.28 bits per heavy atom. The number of hydrogen-bond donors (Lipinski definition) is 2. The van der Waals surface area contributed by atoms with Crippen LogP contribution in [0.3, 0.4) is 0 Å². The highest BCUT2D eigenvalue weighted by Gasteiger charge is 2.03. The van der Waals surface area contributed by atoms with Crippen LogP contribution in [0.1, 0.15) is 15.2 Å². The number of likely N-dealkylation sites (N-methyl/N-ethyl adjacent to an activating group) is 1. The molecule has 0 spiro atoms. The van der Waals surface area contributed by atoms with Crippen LogP contribution < -0.4 is 11.1 Å². The Morgan fingerprint density at radius 1 is 1.50 bits per heavy atom. The maximum atomic E-state index is 10.9. The number of primary amides is 1. The highest BCUT2D eigenvalue weighted by Crippen LogP contribution is 2.13. The van der Waals surface area contributed by atoms with E-state index in [1.54, 1.807) is 5.38 Å². The number of nitrogens with zero attached hydrogens (tertiary/aromatic N) is 1. The number of nitrogens with two attached hydrogens (primary N) is 1. The van der Waals surface area contributed by atoms with Gasteiger partial charge in [0, 0.05) is 29.9 Å². The fourth-order valence-corrected chi connectivity index (χ4v) is 2.15. The molecule has 6 heteroatoms. The lowest BCUT2D eigenvalue weighted by Gasteiger charge is -2.09. The molecule has 3 N–H and O–H groups in total. The highest BCUT2D eigenvalue weighted by molar-refractivity contribution is 7.10. The summed E-state index contributed by atoms with van der Waals surface area (Å²) < 4.78 is 5.45. The van der Waals surface area contributed by atoms with Gasteiger partial charge in [-0.3, -0.25) is 4.79 Å². The molecule has 1 aromatic heterocycles. The van der Waals surface area contributed by atoms with E-state index < -0.39 is 0 Å². The van der Waals surface area contributed by atoms with Crippen molar-refractivity contribution < 1.29 is 9.53 Å². The van der Waals surface area contributed by atoms with Gasteiger partial charge >= 0.3 is 0 Å². The lowest BCUT2D eigenvalue weighted by Crippen LogP contribution is -2.22. The van der Waals surface area contributed by atoms with E-state index in [9.17, 15) is 4.79 Å². The third kappa shape index (κ3) is 6.11. The zero-order chi connectivity index (χ0) is 13.4. The third-order valence-corrected chi connectivity index (χ3v) is 3.28. The summed E-state index contributed by atoms with van der Waals surface area (Å²) in [5, 5.41) is 5.05. The fraction of sp³-hybridized carbons (Fsp3) is 0.583. The summed E-state index contributed by atoms with van der Waals surface area (Å²) in [6, 6.07) is 1.83. The number of rotatable bonds is 9. The zero-order valence-corrected chi connectivity index (χ0v) is 11.8. The molecule has 0 aliphatic heterocycles. The topological polar surface area (TPSA) is 67.6 Å². The Kier molecular flexibility index (Phi) is 6.89. The Morgan fingerprint density at radius 3 is 2.89 bits per heavy atom. The van der Waals surface area contributed by atoms with Crippen LogP contribution >= 0.6 is 11.3 Å². The molecule has 1 amide bonds. The second-order valence-electron chi connectivity index (χ2n) is 4.26. The van der Waals surface area contributed by atoms with Crippen LogP contribution in [0.5, 0.6) is 0 Å². The number of hydrogen-bond acceptors (Lipinski definition) is 5. The predicted molar refractivity (Wildman–Crippen MR) is 73.9 cm³/mol. The van der Waals surface area contributed by atoms with E-state index in [0.29, 0.717) is 12.2 Å². The first kappa shape index (κ1) is 15.1. The Hall–Kier alpha value is -0.950. The van der Waals surface area contributed by atoms with Crippen LogP contribution in [-0.4, -0.2) is 51.2 Å². The van der Waals surface area contributed by atoms with Crippen LogP contribution in [0.2, 0.25) is 0 Å². The lowest BCUT2D eigenvalue weighted by atomic mass is 10.3. The van der Waals surface area contributed by atoms with Gasteiger partial charge in [-0.15, -0.1) is 11.3 Å². The first-order chi connectivity index (χ1) is 8.59. The molecule has 102 valence electrons. The number of carbonyl (C=O) groups is 1. The van der Waals surface area contributed by atoms with Crippen molar-refractivity contribution in [2.45, 2.75) is 6.54 Å². The van der Waals surface area contributed by atoms with Gasteiger partial charge in [-0.05, 0) is 20.2 Å². The van der Waals surface area contributed by atoms with Gasteiger partial charge in [0.1, 0.15) is 0 Å². The van der Waals surface area contributed by atoms with Gasteiger partial charge in [0.15, 0.2) is 0 Å². The average Bonchev–Trinajstić information content (AvgIpc) is 2.76. The summed E-state index contributed by atoms with van der Waals surface area (Å²) >= 11 is 1.54. The number of nitrogens with one attached hydrogen (secondary N) is 1. The van der Waals surface area contributed by atoms with Gasteiger partial charge in [0.2, 0.25) is 5.91 Å². The molecule has 0 saturated heterocycles. The molecule has 0 unspecified atom stereocenters. The molecular formula is C12H21N3O2S. The van der Waals surface area contributed by atoms with E-state index in [-0.39, 0.29) is 5.91 Å².